The van der Waals surface area contributed by atoms with E-state index in [1.165, 1.54) is 12.5 Å². The first-order valence-corrected chi connectivity index (χ1v) is 9.49. The number of ether oxygens (including phenoxy) is 3. The molecule has 0 bridgehead atoms. The van der Waals surface area contributed by atoms with Gasteiger partial charge in [-0.1, -0.05) is 0 Å². The van der Waals surface area contributed by atoms with Gasteiger partial charge in [-0.05, 0) is 31.2 Å². The van der Waals surface area contributed by atoms with Gasteiger partial charge in [-0.25, -0.2) is 0 Å². The molecule has 1 atom stereocenters. The van der Waals surface area contributed by atoms with Crippen LogP contribution in [0.3, 0.4) is 0 Å². The van der Waals surface area contributed by atoms with Crippen LogP contribution in [0.5, 0.6) is 11.5 Å². The van der Waals surface area contributed by atoms with Crippen molar-refractivity contribution in [3.63, 3.8) is 0 Å². The van der Waals surface area contributed by atoms with Gasteiger partial charge in [0.05, 0.1) is 18.9 Å². The minimum atomic E-state index is -2.95. The lowest BCUT2D eigenvalue weighted by Gasteiger charge is -2.26. The maximum atomic E-state index is 12.8. The highest BCUT2D eigenvalue weighted by molar-refractivity contribution is 5.68. The largest absolute Gasteiger partial charge is 0.488 e. The number of benzene rings is 1. The fourth-order valence-electron chi connectivity index (χ4n) is 3.22. The van der Waals surface area contributed by atoms with Crippen LogP contribution in [0, 0.1) is 0 Å². The predicted molar refractivity (Wildman–Crippen MR) is 99.7 cm³/mol. The van der Waals surface area contributed by atoms with Gasteiger partial charge in [-0.2, -0.15) is 8.78 Å². The summed E-state index contributed by atoms with van der Waals surface area (Å²) in [6.45, 7) is 2.76. The topological polar surface area (TPSA) is 91.1 Å². The van der Waals surface area contributed by atoms with Crippen molar-refractivity contribution in [3.8, 4) is 11.5 Å². The first-order chi connectivity index (χ1) is 14.5. The van der Waals surface area contributed by atoms with Crippen molar-refractivity contribution < 1.29 is 32.2 Å². The Hall–Kier alpha value is -2.76. The second-order valence-corrected chi connectivity index (χ2v) is 6.96. The number of hydrogen-bond donors (Lipinski definition) is 1. The van der Waals surface area contributed by atoms with Gasteiger partial charge in [0.15, 0.2) is 17.1 Å². The number of morpholine rings is 1. The van der Waals surface area contributed by atoms with E-state index >= 15 is 0 Å². The minimum absolute atomic E-state index is 0.0325. The SMILES string of the molecule is CC1(c2nnco2)C=C(c2ccc(OC(F)F)c(OCCN3CCOCC3)c2)NO1. The van der Waals surface area contributed by atoms with E-state index in [1.807, 2.05) is 0 Å². The Bertz CT molecular complexity index is 874. The van der Waals surface area contributed by atoms with Gasteiger partial charge in [0.2, 0.25) is 6.39 Å². The number of nitrogens with one attached hydrogen (secondary N) is 1. The van der Waals surface area contributed by atoms with E-state index in [1.54, 1.807) is 25.1 Å². The Morgan fingerprint density at radius 1 is 1.27 bits per heavy atom. The van der Waals surface area contributed by atoms with Crippen molar-refractivity contribution in [1.29, 1.82) is 0 Å². The zero-order chi connectivity index (χ0) is 21.0. The zero-order valence-electron chi connectivity index (χ0n) is 16.3. The molecule has 2 aliphatic heterocycles. The van der Waals surface area contributed by atoms with Gasteiger partial charge >= 0.3 is 6.61 Å². The summed E-state index contributed by atoms with van der Waals surface area (Å²) in [4.78, 5) is 7.78. The smallest absolute Gasteiger partial charge is 0.387 e. The number of rotatable bonds is 8. The van der Waals surface area contributed by atoms with E-state index in [2.05, 4.69) is 25.3 Å². The number of halogens is 2. The Labute approximate surface area is 171 Å². The Morgan fingerprint density at radius 2 is 2.10 bits per heavy atom. The second-order valence-electron chi connectivity index (χ2n) is 6.96. The van der Waals surface area contributed by atoms with Gasteiger partial charge in [0, 0.05) is 25.2 Å². The van der Waals surface area contributed by atoms with E-state index in [0.717, 1.165) is 13.1 Å². The quantitative estimate of drug-likeness (QED) is 0.685. The van der Waals surface area contributed by atoms with Crippen LogP contribution < -0.4 is 15.0 Å². The average molecular weight is 424 g/mol. The lowest BCUT2D eigenvalue weighted by molar-refractivity contribution is -0.0517. The molecule has 0 spiro atoms. The fraction of sp³-hybridized carbons (Fsp3) is 0.474. The van der Waals surface area contributed by atoms with E-state index in [-0.39, 0.29) is 17.4 Å². The molecule has 30 heavy (non-hydrogen) atoms. The minimum Gasteiger partial charge on any atom is -0.488 e. The van der Waals surface area contributed by atoms with E-state index in [9.17, 15) is 8.78 Å². The Balaban J connectivity index is 1.50. The second kappa shape index (κ2) is 8.94. The molecule has 1 N–H and O–H groups in total. The summed E-state index contributed by atoms with van der Waals surface area (Å²) in [5.41, 5.74) is 3.13. The maximum absolute atomic E-state index is 12.8. The molecule has 0 aliphatic carbocycles. The van der Waals surface area contributed by atoms with Crippen molar-refractivity contribution >= 4 is 5.70 Å². The molecule has 0 amide bonds. The van der Waals surface area contributed by atoms with Crippen molar-refractivity contribution in [2.45, 2.75) is 19.1 Å². The first-order valence-electron chi connectivity index (χ1n) is 9.49. The summed E-state index contributed by atoms with van der Waals surface area (Å²) < 4.78 is 46.6. The van der Waals surface area contributed by atoms with E-state index < -0.39 is 12.2 Å². The summed E-state index contributed by atoms with van der Waals surface area (Å²) in [6.07, 6.45) is 2.98. The number of hydrogen-bond acceptors (Lipinski definition) is 9. The maximum Gasteiger partial charge on any atom is 0.387 e. The van der Waals surface area contributed by atoms with Crippen molar-refractivity contribution in [3.05, 3.63) is 42.1 Å². The predicted octanol–water partition coefficient (Wildman–Crippen LogP) is 2.17. The van der Waals surface area contributed by atoms with Crippen LogP contribution in [0.25, 0.3) is 5.70 Å². The van der Waals surface area contributed by atoms with Gasteiger partial charge in [-0.15, -0.1) is 10.2 Å². The van der Waals surface area contributed by atoms with Crippen LogP contribution >= 0.6 is 0 Å². The molecule has 0 saturated carbocycles. The summed E-state index contributed by atoms with van der Waals surface area (Å²) in [5.74, 6) is 0.467. The van der Waals surface area contributed by atoms with Crippen LogP contribution in [0.2, 0.25) is 0 Å². The molecule has 0 radical (unpaired) electrons. The van der Waals surface area contributed by atoms with Crippen LogP contribution in [0.4, 0.5) is 8.78 Å². The molecule has 1 saturated heterocycles. The van der Waals surface area contributed by atoms with Gasteiger partial charge in [0.25, 0.3) is 5.89 Å². The highest BCUT2D eigenvalue weighted by Crippen LogP contribution is 2.36. The molecule has 1 unspecified atom stereocenters. The summed E-state index contributed by atoms with van der Waals surface area (Å²) in [7, 11) is 0. The molecular formula is C19H22F2N4O5. The van der Waals surface area contributed by atoms with E-state index in [0.29, 0.717) is 37.6 Å². The van der Waals surface area contributed by atoms with Gasteiger partial charge < -0.3 is 18.6 Å². The molecule has 1 fully saturated rings. The average Bonchev–Trinajstić information content (AvgIpc) is 3.41. The molecule has 4 rings (SSSR count). The monoisotopic (exact) mass is 424 g/mol. The Morgan fingerprint density at radius 3 is 2.83 bits per heavy atom. The molecule has 9 nitrogen and oxygen atoms in total. The first kappa shape index (κ1) is 20.5. The molecule has 162 valence electrons. The highest BCUT2D eigenvalue weighted by Gasteiger charge is 2.37. The highest BCUT2D eigenvalue weighted by atomic mass is 19.3. The number of nitrogens with zero attached hydrogens (tertiary/aromatic N) is 3. The lowest BCUT2D eigenvalue weighted by Crippen LogP contribution is -2.38. The molecular weight excluding hydrogens is 402 g/mol. The normalized spacial score (nSPS) is 22.1. The van der Waals surface area contributed by atoms with Gasteiger partial charge in [0.1, 0.15) is 6.61 Å². The third kappa shape index (κ3) is 4.69. The van der Waals surface area contributed by atoms with Crippen molar-refractivity contribution in [1.82, 2.24) is 20.6 Å². The van der Waals surface area contributed by atoms with Crippen molar-refractivity contribution in [2.75, 3.05) is 39.5 Å². The summed E-state index contributed by atoms with van der Waals surface area (Å²) in [5, 5.41) is 7.54. The Kier molecular flexibility index (Phi) is 6.11. The molecule has 3 heterocycles. The molecule has 1 aromatic carbocycles. The molecule has 1 aromatic heterocycles. The number of aromatic nitrogens is 2. The van der Waals surface area contributed by atoms with Crippen molar-refractivity contribution in [2.24, 2.45) is 0 Å². The lowest BCUT2D eigenvalue weighted by atomic mass is 10.0. The summed E-state index contributed by atoms with van der Waals surface area (Å²) >= 11 is 0. The number of hydroxylamine groups is 1. The van der Waals surface area contributed by atoms with Gasteiger partial charge in [-0.3, -0.25) is 15.2 Å². The third-order valence-electron chi connectivity index (χ3n) is 4.82. The molecule has 2 aromatic rings. The van der Waals surface area contributed by atoms with Crippen LogP contribution in [-0.4, -0.2) is 61.2 Å². The van der Waals surface area contributed by atoms with Crippen LogP contribution in [0.1, 0.15) is 18.4 Å². The molecule has 2 aliphatic rings. The fourth-order valence-corrected chi connectivity index (χ4v) is 3.22. The van der Waals surface area contributed by atoms with Crippen LogP contribution in [-0.2, 0) is 15.2 Å². The van der Waals surface area contributed by atoms with E-state index in [4.69, 9.17) is 18.7 Å². The standard InChI is InChI=1S/C19H22F2N4O5/c1-19(17-23-22-12-28-17)11-14(24-30-19)13-2-3-15(29-18(20)21)16(10-13)27-9-6-25-4-7-26-8-5-25/h2-3,10-12,18,24H,4-9H2,1H3. The molecule has 11 heteroatoms. The third-order valence-corrected chi connectivity index (χ3v) is 4.82. The number of alkyl halides is 2. The summed E-state index contributed by atoms with van der Waals surface area (Å²) in [6, 6.07) is 4.70. The zero-order valence-corrected chi connectivity index (χ0v) is 16.3. The van der Waals surface area contributed by atoms with Crippen LogP contribution in [0.15, 0.2) is 35.1 Å².